The second-order valence-electron chi connectivity index (χ2n) is 4.53. The predicted molar refractivity (Wildman–Crippen MR) is 72.2 cm³/mol. The van der Waals surface area contributed by atoms with Gasteiger partial charge in [0.2, 0.25) is 11.9 Å². The molecule has 1 aliphatic heterocycles. The lowest BCUT2D eigenvalue weighted by atomic mass is 10.2. The second kappa shape index (κ2) is 5.39. The molecule has 3 heterocycles. The minimum atomic E-state index is 0.0356. The third-order valence-corrected chi connectivity index (χ3v) is 3.29. The van der Waals surface area contributed by atoms with E-state index in [1.54, 1.807) is 18.5 Å². The smallest absolute Gasteiger partial charge is 0.257 e. The number of nitrogen functional groups attached to an aromatic ring is 1. The van der Waals surface area contributed by atoms with Crippen LogP contribution < -0.4 is 16.2 Å². The highest BCUT2D eigenvalue weighted by molar-refractivity contribution is 5.41. The van der Waals surface area contributed by atoms with E-state index >= 15 is 0 Å². The van der Waals surface area contributed by atoms with Crippen molar-refractivity contribution in [3.8, 4) is 5.95 Å². The summed E-state index contributed by atoms with van der Waals surface area (Å²) in [4.78, 5) is 14.8. The highest BCUT2D eigenvalue weighted by Gasteiger charge is 2.27. The predicted octanol–water partition coefficient (Wildman–Crippen LogP) is -0.696. The zero-order valence-corrected chi connectivity index (χ0v) is 10.8. The summed E-state index contributed by atoms with van der Waals surface area (Å²) in [7, 11) is 0. The average Bonchev–Trinajstić information content (AvgIpc) is 3.17. The van der Waals surface area contributed by atoms with Crippen molar-refractivity contribution < 1.29 is 5.11 Å². The lowest BCUT2D eigenvalue weighted by Gasteiger charge is -2.23. The van der Waals surface area contributed by atoms with Gasteiger partial charge in [-0.3, -0.25) is 5.43 Å². The average molecular weight is 276 g/mol. The summed E-state index contributed by atoms with van der Waals surface area (Å²) in [5.74, 6) is 6.56. The Hall–Kier alpha value is -2.26. The second-order valence-corrected chi connectivity index (χ2v) is 4.53. The number of nitrogens with zero attached hydrogens (tertiary/aromatic N) is 6. The van der Waals surface area contributed by atoms with Gasteiger partial charge < -0.3 is 10.0 Å². The molecule has 0 amide bonds. The van der Waals surface area contributed by atoms with Gasteiger partial charge in [-0.1, -0.05) is 0 Å². The molecule has 4 N–H and O–H groups in total. The first-order chi connectivity index (χ1) is 9.81. The van der Waals surface area contributed by atoms with Crippen molar-refractivity contribution in [3.05, 3.63) is 18.5 Å². The fraction of sp³-hybridized carbons (Fsp3) is 0.455. The maximum Gasteiger partial charge on any atom is 0.257 e. The summed E-state index contributed by atoms with van der Waals surface area (Å²) in [6.45, 7) is 0.881. The van der Waals surface area contributed by atoms with Gasteiger partial charge in [-0.05, 0) is 18.9 Å². The molecule has 1 saturated heterocycles. The summed E-state index contributed by atoms with van der Waals surface area (Å²) in [5, 5.41) is 13.5. The summed E-state index contributed by atoms with van der Waals surface area (Å²) < 4.78 is 1.54. The fourth-order valence-electron chi connectivity index (χ4n) is 2.33. The molecule has 9 heteroatoms. The minimum Gasteiger partial charge on any atom is -0.394 e. The Labute approximate surface area is 115 Å². The van der Waals surface area contributed by atoms with E-state index in [-0.39, 0.29) is 18.6 Å². The normalized spacial score (nSPS) is 18.5. The van der Waals surface area contributed by atoms with E-state index in [2.05, 4.69) is 25.5 Å². The Morgan fingerprint density at radius 2 is 2.20 bits per heavy atom. The van der Waals surface area contributed by atoms with Crippen molar-refractivity contribution in [1.29, 1.82) is 0 Å². The molecule has 2 aromatic heterocycles. The Morgan fingerprint density at radius 3 is 2.90 bits per heavy atom. The first-order valence-electron chi connectivity index (χ1n) is 6.42. The number of hydrogen-bond donors (Lipinski definition) is 3. The Morgan fingerprint density at radius 1 is 1.35 bits per heavy atom. The van der Waals surface area contributed by atoms with Crippen molar-refractivity contribution in [3.63, 3.8) is 0 Å². The number of nitrogens with one attached hydrogen (secondary N) is 1. The van der Waals surface area contributed by atoms with Crippen LogP contribution in [-0.2, 0) is 0 Å². The van der Waals surface area contributed by atoms with Gasteiger partial charge in [-0.15, -0.1) is 0 Å². The van der Waals surface area contributed by atoms with Crippen LogP contribution in [0.5, 0.6) is 0 Å². The quantitative estimate of drug-likeness (QED) is 0.496. The number of aromatic nitrogens is 5. The number of aliphatic hydroxyl groups is 1. The van der Waals surface area contributed by atoms with Gasteiger partial charge >= 0.3 is 0 Å². The highest BCUT2D eigenvalue weighted by atomic mass is 16.3. The zero-order valence-electron chi connectivity index (χ0n) is 10.8. The van der Waals surface area contributed by atoms with E-state index in [0.717, 1.165) is 19.4 Å². The topological polar surface area (TPSA) is 118 Å². The maximum atomic E-state index is 9.41. The van der Waals surface area contributed by atoms with Crippen molar-refractivity contribution in [2.45, 2.75) is 18.9 Å². The van der Waals surface area contributed by atoms with Crippen LogP contribution in [0, 0.1) is 0 Å². The number of rotatable bonds is 4. The number of aliphatic hydroxyl groups excluding tert-OH is 1. The Bertz CT molecular complexity index is 572. The molecule has 1 unspecified atom stereocenters. The van der Waals surface area contributed by atoms with Crippen LogP contribution in [-0.4, -0.2) is 49.0 Å². The number of nitrogens with two attached hydrogens (primary N) is 1. The first kappa shape index (κ1) is 12.8. The molecule has 106 valence electrons. The SMILES string of the molecule is NNc1nc(N2CCCC2CO)nc(-n2cccn2)n1. The molecular formula is C11H16N8O. The third-order valence-electron chi connectivity index (χ3n) is 3.29. The molecule has 0 radical (unpaired) electrons. The Kier molecular flexibility index (Phi) is 3.44. The standard InChI is InChI=1S/C11H16N8O/c12-17-9-14-10(18-5-1-3-8(18)7-20)16-11(15-9)19-6-2-4-13-19/h2,4,6,8,20H,1,3,5,7,12H2,(H,14,15,16,17). The highest BCUT2D eigenvalue weighted by Crippen LogP contribution is 2.23. The van der Waals surface area contributed by atoms with Crippen molar-refractivity contribution in [1.82, 2.24) is 24.7 Å². The molecule has 0 bridgehead atoms. The lowest BCUT2D eigenvalue weighted by molar-refractivity contribution is 0.265. The van der Waals surface area contributed by atoms with Crippen LogP contribution in [0.2, 0.25) is 0 Å². The van der Waals surface area contributed by atoms with Crippen molar-refractivity contribution in [2.24, 2.45) is 5.84 Å². The third kappa shape index (κ3) is 2.28. The van der Waals surface area contributed by atoms with Crippen LogP contribution >= 0.6 is 0 Å². The molecule has 1 aliphatic rings. The van der Waals surface area contributed by atoms with E-state index < -0.39 is 0 Å². The Balaban J connectivity index is 2.00. The largest absolute Gasteiger partial charge is 0.394 e. The van der Waals surface area contributed by atoms with E-state index in [9.17, 15) is 5.11 Å². The number of hydrazine groups is 1. The molecule has 3 rings (SSSR count). The van der Waals surface area contributed by atoms with Crippen LogP contribution in [0.1, 0.15) is 12.8 Å². The molecule has 2 aromatic rings. The van der Waals surface area contributed by atoms with E-state index in [1.165, 1.54) is 4.68 Å². The van der Waals surface area contributed by atoms with Gasteiger partial charge in [-0.25, -0.2) is 10.5 Å². The van der Waals surface area contributed by atoms with Gasteiger partial charge in [0, 0.05) is 18.9 Å². The summed E-state index contributed by atoms with van der Waals surface area (Å²) in [6.07, 6.45) is 5.31. The van der Waals surface area contributed by atoms with Crippen LogP contribution in [0.3, 0.4) is 0 Å². The summed E-state index contributed by atoms with van der Waals surface area (Å²) >= 11 is 0. The van der Waals surface area contributed by atoms with E-state index in [4.69, 9.17) is 5.84 Å². The zero-order chi connectivity index (χ0) is 13.9. The fourth-order valence-corrected chi connectivity index (χ4v) is 2.33. The number of anilines is 2. The van der Waals surface area contributed by atoms with Gasteiger partial charge in [0.25, 0.3) is 5.95 Å². The molecule has 1 fully saturated rings. The molecule has 0 spiro atoms. The molecule has 1 atom stereocenters. The van der Waals surface area contributed by atoms with Crippen LogP contribution in [0.15, 0.2) is 18.5 Å². The lowest BCUT2D eigenvalue weighted by Crippen LogP contribution is -2.34. The summed E-state index contributed by atoms with van der Waals surface area (Å²) in [6, 6.07) is 1.82. The molecule has 9 nitrogen and oxygen atoms in total. The first-order valence-corrected chi connectivity index (χ1v) is 6.42. The van der Waals surface area contributed by atoms with E-state index in [1.807, 2.05) is 4.90 Å². The monoisotopic (exact) mass is 276 g/mol. The minimum absolute atomic E-state index is 0.0356. The van der Waals surface area contributed by atoms with Gasteiger partial charge in [-0.2, -0.15) is 20.1 Å². The van der Waals surface area contributed by atoms with Crippen LogP contribution in [0.4, 0.5) is 11.9 Å². The van der Waals surface area contributed by atoms with Gasteiger partial charge in [0.05, 0.1) is 12.6 Å². The molecule has 0 aromatic carbocycles. The molecular weight excluding hydrogens is 260 g/mol. The van der Waals surface area contributed by atoms with Gasteiger partial charge in [0.1, 0.15) is 0 Å². The van der Waals surface area contributed by atoms with Crippen LogP contribution in [0.25, 0.3) is 5.95 Å². The number of hydrogen-bond acceptors (Lipinski definition) is 8. The van der Waals surface area contributed by atoms with Crippen molar-refractivity contribution >= 4 is 11.9 Å². The molecule has 0 saturated carbocycles. The van der Waals surface area contributed by atoms with Crippen molar-refractivity contribution in [2.75, 3.05) is 23.5 Å². The van der Waals surface area contributed by atoms with Gasteiger partial charge in [0.15, 0.2) is 0 Å². The summed E-state index contributed by atoms with van der Waals surface area (Å²) in [5.41, 5.74) is 2.43. The molecule has 20 heavy (non-hydrogen) atoms. The molecule has 0 aliphatic carbocycles. The van der Waals surface area contributed by atoms with E-state index in [0.29, 0.717) is 11.9 Å². The maximum absolute atomic E-state index is 9.41.